The lowest BCUT2D eigenvalue weighted by Gasteiger charge is -2.42. The molecule has 2 heterocycles. The van der Waals surface area contributed by atoms with E-state index in [1.165, 1.54) is 6.07 Å². The van der Waals surface area contributed by atoms with Crippen LogP contribution in [0.4, 0.5) is 5.95 Å². The fourth-order valence-corrected chi connectivity index (χ4v) is 4.09. The lowest BCUT2D eigenvalue weighted by Crippen LogP contribution is -2.48. The number of nitrogens with one attached hydrogen (secondary N) is 1. The van der Waals surface area contributed by atoms with Gasteiger partial charge < -0.3 is 15.4 Å². The third kappa shape index (κ3) is 3.91. The van der Waals surface area contributed by atoms with Gasteiger partial charge in [-0.2, -0.15) is 0 Å². The van der Waals surface area contributed by atoms with Gasteiger partial charge in [0.05, 0.1) is 11.1 Å². The first-order valence-corrected chi connectivity index (χ1v) is 9.28. The van der Waals surface area contributed by atoms with E-state index in [9.17, 15) is 9.59 Å². The zero-order valence-electron chi connectivity index (χ0n) is 15.7. The quantitative estimate of drug-likeness (QED) is 0.735. The Kier molecular flexibility index (Phi) is 5.62. The molecule has 1 saturated carbocycles. The lowest BCUT2D eigenvalue weighted by atomic mass is 9.66. The molecule has 2 aliphatic rings. The summed E-state index contributed by atoms with van der Waals surface area (Å²) in [4.78, 5) is 35.4. The van der Waals surface area contributed by atoms with Crippen molar-refractivity contribution in [3.8, 4) is 0 Å². The van der Waals surface area contributed by atoms with Crippen LogP contribution in [0.25, 0.3) is 0 Å². The molecule has 1 atom stereocenters. The number of carbonyl (C=O) groups is 1. The highest BCUT2D eigenvalue weighted by Crippen LogP contribution is 2.46. The van der Waals surface area contributed by atoms with Crippen LogP contribution < -0.4 is 11.3 Å². The molecule has 1 saturated heterocycles. The number of nitrogens with zero attached hydrogens (tertiary/aromatic N) is 3. The first-order valence-electron chi connectivity index (χ1n) is 9.28. The number of likely N-dealkylation sites (N-methyl/N-ethyl adjacent to an activating group) is 1. The molecule has 0 aromatic carbocycles. The largest absolute Gasteiger partial charge is 0.385 e. The van der Waals surface area contributed by atoms with E-state index in [0.717, 1.165) is 45.2 Å². The van der Waals surface area contributed by atoms with Crippen molar-refractivity contribution < 1.29 is 9.53 Å². The average Bonchev–Trinajstić information content (AvgIpc) is 3.02. The number of H-pyrrole nitrogens is 1. The number of nitrogens with two attached hydrogens (primary N) is 1. The Labute approximate surface area is 153 Å². The zero-order chi connectivity index (χ0) is 18.7. The number of nitrogen functional groups attached to an aromatic ring is 1. The van der Waals surface area contributed by atoms with E-state index in [4.69, 9.17) is 10.5 Å². The van der Waals surface area contributed by atoms with Crippen molar-refractivity contribution in [2.24, 2.45) is 5.41 Å². The van der Waals surface area contributed by atoms with Crippen molar-refractivity contribution in [3.05, 3.63) is 22.1 Å². The number of rotatable bonds is 7. The zero-order valence-corrected chi connectivity index (χ0v) is 15.7. The lowest BCUT2D eigenvalue weighted by molar-refractivity contribution is -0.148. The fraction of sp³-hybridized carbons (Fsp3) is 0.722. The molecule has 1 aromatic heterocycles. The molecule has 0 radical (unpaired) electrons. The number of methoxy groups -OCH3 is 1. The van der Waals surface area contributed by atoms with Crippen molar-refractivity contribution >= 4 is 11.9 Å². The Morgan fingerprint density at radius 1 is 1.54 bits per heavy atom. The molecule has 0 unspecified atom stereocenters. The maximum absolute atomic E-state index is 13.0. The van der Waals surface area contributed by atoms with Crippen LogP contribution in [-0.4, -0.2) is 65.6 Å². The first kappa shape index (κ1) is 18.8. The Hall–Kier alpha value is -1.93. The average molecular weight is 363 g/mol. The SMILES string of the molecule is COCCC1(C(=O)N2CC[C@@H](N(C)Cc3cc(=O)[nH]c(N)n3)C2)CCC1. The number of hydrogen-bond acceptors (Lipinski definition) is 6. The molecule has 0 bridgehead atoms. The van der Waals surface area contributed by atoms with Crippen LogP contribution in [0.5, 0.6) is 0 Å². The summed E-state index contributed by atoms with van der Waals surface area (Å²) in [7, 11) is 3.69. The molecule has 8 heteroatoms. The minimum absolute atomic E-state index is 0.134. The number of amides is 1. The predicted molar refractivity (Wildman–Crippen MR) is 98.5 cm³/mol. The molecule has 1 aromatic rings. The van der Waals surface area contributed by atoms with Crippen molar-refractivity contribution in [2.75, 3.05) is 39.6 Å². The summed E-state index contributed by atoms with van der Waals surface area (Å²) in [5, 5.41) is 0. The molecule has 8 nitrogen and oxygen atoms in total. The first-order chi connectivity index (χ1) is 12.4. The third-order valence-electron chi connectivity index (χ3n) is 5.85. The van der Waals surface area contributed by atoms with E-state index in [0.29, 0.717) is 18.8 Å². The Balaban J connectivity index is 1.59. The summed E-state index contributed by atoms with van der Waals surface area (Å²) in [5.74, 6) is 0.421. The highest BCUT2D eigenvalue weighted by molar-refractivity contribution is 5.84. The third-order valence-corrected chi connectivity index (χ3v) is 5.85. The van der Waals surface area contributed by atoms with Crippen molar-refractivity contribution in [1.82, 2.24) is 19.8 Å². The van der Waals surface area contributed by atoms with Crippen LogP contribution in [0, 0.1) is 5.41 Å². The summed E-state index contributed by atoms with van der Waals surface area (Å²) in [5.41, 5.74) is 5.82. The van der Waals surface area contributed by atoms with Gasteiger partial charge in [-0.3, -0.25) is 19.5 Å². The van der Waals surface area contributed by atoms with Gasteiger partial charge in [0.1, 0.15) is 0 Å². The maximum Gasteiger partial charge on any atom is 0.252 e. The molecular weight excluding hydrogens is 334 g/mol. The van der Waals surface area contributed by atoms with Gasteiger partial charge in [-0.15, -0.1) is 0 Å². The summed E-state index contributed by atoms with van der Waals surface area (Å²) < 4.78 is 5.21. The minimum atomic E-state index is -0.241. The van der Waals surface area contributed by atoms with Crippen molar-refractivity contribution in [1.29, 1.82) is 0 Å². The second-order valence-corrected chi connectivity index (χ2v) is 7.61. The van der Waals surface area contributed by atoms with Gasteiger partial charge in [0.25, 0.3) is 5.56 Å². The molecular formula is C18H29N5O3. The number of anilines is 1. The summed E-state index contributed by atoms with van der Waals surface area (Å²) in [6.45, 7) is 2.68. The molecule has 1 aliphatic carbocycles. The second-order valence-electron chi connectivity index (χ2n) is 7.61. The Bertz CT molecular complexity index is 700. The Morgan fingerprint density at radius 2 is 2.31 bits per heavy atom. The summed E-state index contributed by atoms with van der Waals surface area (Å²) in [6.07, 6.45) is 4.82. The van der Waals surface area contributed by atoms with E-state index < -0.39 is 0 Å². The van der Waals surface area contributed by atoms with Crippen LogP contribution in [0.1, 0.15) is 37.8 Å². The summed E-state index contributed by atoms with van der Waals surface area (Å²) in [6, 6.07) is 1.74. The molecule has 1 amide bonds. The van der Waals surface area contributed by atoms with Crippen LogP contribution in [-0.2, 0) is 16.1 Å². The van der Waals surface area contributed by atoms with Crippen molar-refractivity contribution in [3.63, 3.8) is 0 Å². The second kappa shape index (κ2) is 7.75. The molecule has 0 spiro atoms. The highest BCUT2D eigenvalue weighted by atomic mass is 16.5. The molecule has 144 valence electrons. The number of carbonyl (C=O) groups excluding carboxylic acids is 1. The molecule has 26 heavy (non-hydrogen) atoms. The van der Waals surface area contributed by atoms with Gasteiger partial charge in [-0.1, -0.05) is 6.42 Å². The summed E-state index contributed by atoms with van der Waals surface area (Å²) >= 11 is 0. The molecule has 1 aliphatic heterocycles. The van der Waals surface area contributed by atoms with Crippen LogP contribution in [0.2, 0.25) is 0 Å². The van der Waals surface area contributed by atoms with Gasteiger partial charge in [0.15, 0.2) is 0 Å². The van der Waals surface area contributed by atoms with Crippen LogP contribution >= 0.6 is 0 Å². The fourth-order valence-electron chi connectivity index (χ4n) is 4.09. The van der Waals surface area contributed by atoms with E-state index in [2.05, 4.69) is 14.9 Å². The van der Waals surface area contributed by atoms with Gasteiger partial charge in [0.2, 0.25) is 11.9 Å². The van der Waals surface area contributed by atoms with Crippen LogP contribution in [0.15, 0.2) is 10.9 Å². The number of hydrogen-bond donors (Lipinski definition) is 2. The number of likely N-dealkylation sites (tertiary alicyclic amines) is 1. The smallest absolute Gasteiger partial charge is 0.252 e. The van der Waals surface area contributed by atoms with Gasteiger partial charge in [-0.25, -0.2) is 4.98 Å². The molecule has 3 rings (SSSR count). The van der Waals surface area contributed by atoms with Gasteiger partial charge >= 0.3 is 0 Å². The van der Waals surface area contributed by atoms with Gasteiger partial charge in [0, 0.05) is 45.5 Å². The van der Waals surface area contributed by atoms with Crippen LogP contribution in [0.3, 0.4) is 0 Å². The number of aromatic nitrogens is 2. The normalized spacial score (nSPS) is 21.8. The van der Waals surface area contributed by atoms with E-state index in [1.54, 1.807) is 7.11 Å². The number of ether oxygens (including phenoxy) is 1. The van der Waals surface area contributed by atoms with Crippen molar-refractivity contribution in [2.45, 2.75) is 44.7 Å². The highest BCUT2D eigenvalue weighted by Gasteiger charge is 2.47. The number of aromatic amines is 1. The Morgan fingerprint density at radius 3 is 2.92 bits per heavy atom. The topological polar surface area (TPSA) is 105 Å². The standard InChI is InChI=1S/C18H29N5O3/c1-22(11-13-10-15(24)21-17(19)20-13)14-4-8-23(12-14)16(25)18(5-3-6-18)7-9-26-2/h10,14H,3-9,11-12H2,1-2H3,(H3,19,20,21,24)/t14-/m1/s1. The monoisotopic (exact) mass is 363 g/mol. The molecule has 3 N–H and O–H groups in total. The van der Waals surface area contributed by atoms with E-state index >= 15 is 0 Å². The minimum Gasteiger partial charge on any atom is -0.385 e. The maximum atomic E-state index is 13.0. The van der Waals surface area contributed by atoms with Gasteiger partial charge in [-0.05, 0) is 32.7 Å². The van der Waals surface area contributed by atoms with E-state index in [-0.39, 0.29) is 28.9 Å². The predicted octanol–water partition coefficient (Wildman–Crippen LogP) is 0.592. The molecule has 2 fully saturated rings. The van der Waals surface area contributed by atoms with E-state index in [1.807, 2.05) is 11.9 Å².